The summed E-state index contributed by atoms with van der Waals surface area (Å²) in [6, 6.07) is 0. The minimum atomic E-state index is -1.81. The summed E-state index contributed by atoms with van der Waals surface area (Å²) in [5.41, 5.74) is 0. The van der Waals surface area contributed by atoms with E-state index >= 15 is 0 Å². The van der Waals surface area contributed by atoms with Gasteiger partial charge in [-0.05, 0) is 58.9 Å². The molecule has 0 amide bonds. The Labute approximate surface area is 153 Å². The second-order valence-corrected chi connectivity index (χ2v) is 24.3. The van der Waals surface area contributed by atoms with E-state index in [0.717, 1.165) is 0 Å². The van der Waals surface area contributed by atoms with E-state index in [1.54, 1.807) is 6.26 Å². The molecular formula is C15H36O5SSi3. The van der Waals surface area contributed by atoms with E-state index < -0.39 is 42.0 Å². The van der Waals surface area contributed by atoms with Crippen LogP contribution in [0.3, 0.4) is 0 Å². The van der Waals surface area contributed by atoms with E-state index in [1.165, 1.54) is 0 Å². The Balaban J connectivity index is 3.12. The smallest absolute Gasteiger partial charge is 0.187 e. The van der Waals surface area contributed by atoms with Crippen LogP contribution in [0, 0.1) is 0 Å². The Kier molecular flexibility index (Phi) is 7.67. The fourth-order valence-corrected chi connectivity index (χ4v) is 6.37. The summed E-state index contributed by atoms with van der Waals surface area (Å²) in [6.45, 7) is 19.4. The van der Waals surface area contributed by atoms with Gasteiger partial charge in [-0.2, -0.15) is 0 Å². The van der Waals surface area contributed by atoms with Crippen molar-refractivity contribution < 1.29 is 22.2 Å². The molecule has 0 N–H and O–H groups in total. The van der Waals surface area contributed by atoms with Gasteiger partial charge >= 0.3 is 0 Å². The van der Waals surface area contributed by atoms with Crippen molar-refractivity contribution in [1.29, 1.82) is 0 Å². The topological polar surface area (TPSA) is 54.0 Å². The van der Waals surface area contributed by atoms with Gasteiger partial charge in [0.05, 0.1) is 11.9 Å². The van der Waals surface area contributed by atoms with Crippen LogP contribution >= 0.6 is 0 Å². The quantitative estimate of drug-likeness (QED) is 0.572. The fraction of sp³-hybridized carbons (Fsp3) is 1.00. The Morgan fingerprint density at radius 3 is 1.58 bits per heavy atom. The third-order valence-electron chi connectivity index (χ3n) is 3.12. The lowest BCUT2D eigenvalue weighted by molar-refractivity contribution is -0.106. The Hall–Kier alpha value is 0.641. The standard InChI is InChI=1S/C15H36O5SSi3/c1-21(16)11-12-13(18-22(2,3)4)14(19-23(5,6)7)15(17-12)20-24(8,9)10/h12-15H,11H2,1-10H3/t12-,13-,14-,15?,21?/m1/s1. The minimum Gasteiger partial charge on any atom is -0.409 e. The van der Waals surface area contributed by atoms with E-state index in [9.17, 15) is 4.21 Å². The molecule has 0 saturated carbocycles. The maximum Gasteiger partial charge on any atom is 0.187 e. The first-order valence-corrected chi connectivity index (χ1v) is 20.5. The SMILES string of the molecule is CS(=O)C[C@H]1OC(O[Si](C)(C)C)[C@H](O[Si](C)(C)C)[C@@H]1O[Si](C)(C)C. The lowest BCUT2D eigenvalue weighted by Gasteiger charge is -2.35. The molecule has 1 rings (SSSR count). The lowest BCUT2D eigenvalue weighted by atomic mass is 10.2. The van der Waals surface area contributed by atoms with Crippen molar-refractivity contribution >= 4 is 35.8 Å². The van der Waals surface area contributed by atoms with Crippen LogP contribution in [0.5, 0.6) is 0 Å². The number of ether oxygens (including phenoxy) is 1. The number of rotatable bonds is 8. The van der Waals surface area contributed by atoms with Crippen molar-refractivity contribution in [3.63, 3.8) is 0 Å². The van der Waals surface area contributed by atoms with Crippen molar-refractivity contribution in [3.05, 3.63) is 0 Å². The predicted octanol–water partition coefficient (Wildman–Crippen LogP) is 3.38. The van der Waals surface area contributed by atoms with Crippen LogP contribution in [0.15, 0.2) is 0 Å². The number of hydrogen-bond acceptors (Lipinski definition) is 5. The van der Waals surface area contributed by atoms with Gasteiger partial charge in [-0.1, -0.05) is 0 Å². The van der Waals surface area contributed by atoms with Gasteiger partial charge in [0, 0.05) is 17.1 Å². The summed E-state index contributed by atoms with van der Waals surface area (Å²) >= 11 is 0. The van der Waals surface area contributed by atoms with Crippen LogP contribution in [0.25, 0.3) is 0 Å². The molecule has 0 aromatic heterocycles. The third kappa shape index (κ3) is 8.35. The molecule has 0 bridgehead atoms. The summed E-state index contributed by atoms with van der Waals surface area (Å²) in [5.74, 6) is 0.451. The van der Waals surface area contributed by atoms with Crippen LogP contribution in [-0.2, 0) is 28.8 Å². The first-order chi connectivity index (χ1) is 10.6. The molecule has 24 heavy (non-hydrogen) atoms. The molecule has 5 atom stereocenters. The highest BCUT2D eigenvalue weighted by Crippen LogP contribution is 2.33. The molecule has 1 aliphatic rings. The van der Waals surface area contributed by atoms with Gasteiger partial charge in [-0.3, -0.25) is 4.21 Å². The molecule has 5 nitrogen and oxygen atoms in total. The summed E-state index contributed by atoms with van der Waals surface area (Å²) in [6.07, 6.45) is 0.566. The van der Waals surface area contributed by atoms with Crippen molar-refractivity contribution in [2.45, 2.75) is 83.5 Å². The molecule has 9 heteroatoms. The molecule has 0 spiro atoms. The molecule has 0 aliphatic carbocycles. The van der Waals surface area contributed by atoms with Crippen molar-refractivity contribution in [2.24, 2.45) is 0 Å². The second kappa shape index (κ2) is 8.12. The molecule has 0 radical (unpaired) electrons. The maximum atomic E-state index is 11.8. The normalized spacial score (nSPS) is 30.6. The minimum absolute atomic E-state index is 0.214. The van der Waals surface area contributed by atoms with E-state index in [4.69, 9.17) is 18.0 Å². The highest BCUT2D eigenvalue weighted by atomic mass is 32.2. The molecule has 1 saturated heterocycles. The predicted molar refractivity (Wildman–Crippen MR) is 108 cm³/mol. The highest BCUT2D eigenvalue weighted by molar-refractivity contribution is 7.84. The van der Waals surface area contributed by atoms with Crippen LogP contribution in [0.4, 0.5) is 0 Å². The molecule has 0 aromatic carbocycles. The zero-order chi connectivity index (χ0) is 18.9. The largest absolute Gasteiger partial charge is 0.409 e. The summed E-state index contributed by atoms with van der Waals surface area (Å²) < 4.78 is 37.1. The van der Waals surface area contributed by atoms with Crippen LogP contribution in [-0.4, -0.2) is 65.8 Å². The fourth-order valence-electron chi connectivity index (χ4n) is 2.58. The van der Waals surface area contributed by atoms with Crippen LogP contribution in [0.2, 0.25) is 58.9 Å². The van der Waals surface area contributed by atoms with Crippen LogP contribution < -0.4 is 0 Å². The average molecular weight is 413 g/mol. The molecule has 1 heterocycles. The molecule has 2 unspecified atom stereocenters. The van der Waals surface area contributed by atoms with E-state index in [-0.39, 0.29) is 18.3 Å². The van der Waals surface area contributed by atoms with E-state index in [0.29, 0.717) is 5.75 Å². The van der Waals surface area contributed by atoms with Gasteiger partial charge in [0.15, 0.2) is 31.2 Å². The summed E-state index contributed by atoms with van der Waals surface area (Å²) in [5, 5.41) is 0. The van der Waals surface area contributed by atoms with Crippen LogP contribution in [0.1, 0.15) is 0 Å². The Bertz CT molecular complexity index is 442. The Morgan fingerprint density at radius 1 is 0.792 bits per heavy atom. The van der Waals surface area contributed by atoms with Gasteiger partial charge in [-0.25, -0.2) is 0 Å². The second-order valence-electron chi connectivity index (χ2n) is 9.40. The van der Waals surface area contributed by atoms with Gasteiger partial charge in [0.1, 0.15) is 12.2 Å². The Morgan fingerprint density at radius 2 is 1.21 bits per heavy atom. The van der Waals surface area contributed by atoms with Gasteiger partial charge in [-0.15, -0.1) is 0 Å². The molecule has 0 aromatic rings. The lowest BCUT2D eigenvalue weighted by Crippen LogP contribution is -2.50. The number of hydrogen-bond donors (Lipinski definition) is 0. The molecular weight excluding hydrogens is 376 g/mol. The first kappa shape index (κ1) is 22.7. The van der Waals surface area contributed by atoms with E-state index in [1.807, 2.05) is 0 Å². The summed E-state index contributed by atoms with van der Waals surface area (Å²) in [4.78, 5) is 0. The van der Waals surface area contributed by atoms with E-state index in [2.05, 4.69) is 58.9 Å². The monoisotopic (exact) mass is 412 g/mol. The van der Waals surface area contributed by atoms with Gasteiger partial charge in [0.25, 0.3) is 0 Å². The van der Waals surface area contributed by atoms with Gasteiger partial charge in [0.2, 0.25) is 0 Å². The molecule has 144 valence electrons. The van der Waals surface area contributed by atoms with Gasteiger partial charge < -0.3 is 18.0 Å². The van der Waals surface area contributed by atoms with Crippen molar-refractivity contribution in [1.82, 2.24) is 0 Å². The zero-order valence-corrected chi connectivity index (χ0v) is 20.8. The van der Waals surface area contributed by atoms with Crippen molar-refractivity contribution in [2.75, 3.05) is 12.0 Å². The average Bonchev–Trinajstić information content (AvgIpc) is 2.51. The zero-order valence-electron chi connectivity index (χ0n) is 17.0. The van der Waals surface area contributed by atoms with Crippen molar-refractivity contribution in [3.8, 4) is 0 Å². The maximum absolute atomic E-state index is 11.8. The molecule has 1 fully saturated rings. The third-order valence-corrected chi connectivity index (χ3v) is 6.81. The first-order valence-electron chi connectivity index (χ1n) is 8.56. The molecule has 1 aliphatic heterocycles. The summed E-state index contributed by atoms with van der Waals surface area (Å²) in [7, 11) is -6.38. The highest BCUT2D eigenvalue weighted by Gasteiger charge is 2.50.